The minimum atomic E-state index is -0.305. The van der Waals surface area contributed by atoms with Crippen molar-refractivity contribution in [2.45, 2.75) is 30.8 Å². The van der Waals surface area contributed by atoms with E-state index in [1.54, 1.807) is 7.11 Å². The van der Waals surface area contributed by atoms with Gasteiger partial charge in [-0.05, 0) is 32.4 Å². The van der Waals surface area contributed by atoms with Gasteiger partial charge in [-0.1, -0.05) is 12.1 Å². The molecule has 0 radical (unpaired) electrons. The first kappa shape index (κ1) is 15.9. The zero-order valence-corrected chi connectivity index (χ0v) is 12.5. The Morgan fingerprint density at radius 3 is 2.74 bits per heavy atom. The number of ether oxygens (including phenoxy) is 1. The standard InChI is InChI=1S/C14H22N2O2S/c1-14(2,18-3)8-9-16-11-6-4-5-7-12(11)19-10-13(15)17/h4-7,16H,8-10H2,1-3H3,(H2,15,17). The number of anilines is 1. The molecule has 1 amide bonds. The number of nitrogens with one attached hydrogen (secondary N) is 1. The summed E-state index contributed by atoms with van der Waals surface area (Å²) in [5.74, 6) is -0.0114. The average molecular weight is 282 g/mol. The second-order valence-corrected chi connectivity index (χ2v) is 5.91. The lowest BCUT2D eigenvalue weighted by Crippen LogP contribution is -2.25. The van der Waals surface area contributed by atoms with Gasteiger partial charge in [-0.2, -0.15) is 0 Å². The molecule has 0 unspecified atom stereocenters. The van der Waals surface area contributed by atoms with Crippen LogP contribution in [0.1, 0.15) is 20.3 Å². The fourth-order valence-corrected chi connectivity index (χ4v) is 2.26. The van der Waals surface area contributed by atoms with E-state index in [2.05, 4.69) is 19.2 Å². The van der Waals surface area contributed by atoms with Crippen LogP contribution in [0.3, 0.4) is 0 Å². The lowest BCUT2D eigenvalue weighted by Gasteiger charge is -2.23. The van der Waals surface area contributed by atoms with Crippen LogP contribution >= 0.6 is 11.8 Å². The molecule has 19 heavy (non-hydrogen) atoms. The van der Waals surface area contributed by atoms with Crippen molar-refractivity contribution < 1.29 is 9.53 Å². The number of nitrogens with two attached hydrogens (primary N) is 1. The molecule has 3 N–H and O–H groups in total. The number of thioether (sulfide) groups is 1. The first-order valence-corrected chi connectivity index (χ1v) is 7.22. The third-order valence-electron chi connectivity index (χ3n) is 2.85. The van der Waals surface area contributed by atoms with Crippen LogP contribution in [0.4, 0.5) is 5.69 Å². The number of primary amides is 1. The highest BCUT2D eigenvalue weighted by atomic mass is 32.2. The van der Waals surface area contributed by atoms with Crippen molar-refractivity contribution in [2.24, 2.45) is 5.73 Å². The topological polar surface area (TPSA) is 64.3 Å². The third kappa shape index (κ3) is 5.98. The molecule has 1 aromatic carbocycles. The molecule has 0 spiro atoms. The second kappa shape index (κ2) is 7.40. The summed E-state index contributed by atoms with van der Waals surface area (Å²) in [5.41, 5.74) is 6.06. The highest BCUT2D eigenvalue weighted by Gasteiger charge is 2.15. The molecule has 0 bridgehead atoms. The maximum atomic E-state index is 10.8. The molecule has 0 aliphatic carbocycles. The number of rotatable bonds is 8. The van der Waals surface area contributed by atoms with Crippen molar-refractivity contribution in [3.8, 4) is 0 Å². The minimum absolute atomic E-state index is 0.137. The number of para-hydroxylation sites is 1. The fourth-order valence-electron chi connectivity index (χ4n) is 1.49. The third-order valence-corrected chi connectivity index (χ3v) is 3.95. The molecule has 0 saturated carbocycles. The van der Waals surface area contributed by atoms with Crippen LogP contribution < -0.4 is 11.1 Å². The fraction of sp³-hybridized carbons (Fsp3) is 0.500. The van der Waals surface area contributed by atoms with Crippen molar-refractivity contribution in [2.75, 3.05) is 24.7 Å². The summed E-state index contributed by atoms with van der Waals surface area (Å²) >= 11 is 1.45. The number of benzene rings is 1. The molecule has 5 heteroatoms. The van der Waals surface area contributed by atoms with Gasteiger partial charge >= 0.3 is 0 Å². The van der Waals surface area contributed by atoms with E-state index in [0.29, 0.717) is 5.75 Å². The molecule has 0 heterocycles. The molecule has 0 aromatic heterocycles. The van der Waals surface area contributed by atoms with E-state index in [-0.39, 0.29) is 11.5 Å². The predicted molar refractivity (Wildman–Crippen MR) is 80.6 cm³/mol. The number of methoxy groups -OCH3 is 1. The molecule has 1 aromatic rings. The summed E-state index contributed by atoms with van der Waals surface area (Å²) in [6.45, 7) is 4.93. The Morgan fingerprint density at radius 1 is 1.42 bits per heavy atom. The summed E-state index contributed by atoms with van der Waals surface area (Å²) in [6.07, 6.45) is 0.901. The smallest absolute Gasteiger partial charge is 0.227 e. The maximum Gasteiger partial charge on any atom is 0.227 e. The first-order valence-electron chi connectivity index (χ1n) is 6.24. The highest BCUT2D eigenvalue weighted by Crippen LogP contribution is 2.27. The Balaban J connectivity index is 2.55. The van der Waals surface area contributed by atoms with Crippen molar-refractivity contribution >= 4 is 23.4 Å². The van der Waals surface area contributed by atoms with Gasteiger partial charge in [0.05, 0.1) is 11.4 Å². The lowest BCUT2D eigenvalue weighted by molar-refractivity contribution is -0.115. The molecule has 0 aliphatic heterocycles. The van der Waals surface area contributed by atoms with E-state index in [1.165, 1.54) is 11.8 Å². The summed E-state index contributed by atoms with van der Waals surface area (Å²) in [6, 6.07) is 7.91. The van der Waals surface area contributed by atoms with Gasteiger partial charge in [-0.25, -0.2) is 0 Å². The van der Waals surface area contributed by atoms with Gasteiger partial charge in [-0.15, -0.1) is 11.8 Å². The molecule has 4 nitrogen and oxygen atoms in total. The Hall–Kier alpha value is -1.20. The Morgan fingerprint density at radius 2 is 2.11 bits per heavy atom. The Bertz CT molecular complexity index is 422. The second-order valence-electron chi connectivity index (χ2n) is 4.89. The molecule has 1 rings (SSSR count). The van der Waals surface area contributed by atoms with Crippen LogP contribution in [0.25, 0.3) is 0 Å². The van der Waals surface area contributed by atoms with Gasteiger partial charge in [0.15, 0.2) is 0 Å². The van der Waals surface area contributed by atoms with Crippen LogP contribution in [-0.4, -0.2) is 30.9 Å². The monoisotopic (exact) mass is 282 g/mol. The van der Waals surface area contributed by atoms with E-state index >= 15 is 0 Å². The normalized spacial score (nSPS) is 11.3. The number of hydrogen-bond donors (Lipinski definition) is 2. The minimum Gasteiger partial charge on any atom is -0.384 e. The SMILES string of the molecule is COC(C)(C)CCNc1ccccc1SCC(N)=O. The lowest BCUT2D eigenvalue weighted by atomic mass is 10.1. The quantitative estimate of drug-likeness (QED) is 0.719. The van der Waals surface area contributed by atoms with E-state index in [9.17, 15) is 4.79 Å². The van der Waals surface area contributed by atoms with Crippen LogP contribution in [0.15, 0.2) is 29.2 Å². The van der Waals surface area contributed by atoms with Crippen molar-refractivity contribution in [1.29, 1.82) is 0 Å². The van der Waals surface area contributed by atoms with Crippen molar-refractivity contribution in [1.82, 2.24) is 0 Å². The zero-order chi connectivity index (χ0) is 14.3. The molecule has 0 atom stereocenters. The molecule has 106 valence electrons. The molecular formula is C14H22N2O2S. The van der Waals surface area contributed by atoms with Crippen LogP contribution in [-0.2, 0) is 9.53 Å². The zero-order valence-electron chi connectivity index (χ0n) is 11.7. The van der Waals surface area contributed by atoms with Crippen LogP contribution in [0.5, 0.6) is 0 Å². The predicted octanol–water partition coefficient (Wildman–Crippen LogP) is 2.49. The summed E-state index contributed by atoms with van der Waals surface area (Å²) < 4.78 is 5.38. The molecule has 0 aliphatic rings. The first-order chi connectivity index (χ1) is 8.94. The van der Waals surface area contributed by atoms with Gasteiger partial charge in [0.1, 0.15) is 0 Å². The van der Waals surface area contributed by atoms with E-state index in [1.807, 2.05) is 24.3 Å². The summed E-state index contributed by atoms with van der Waals surface area (Å²) in [4.78, 5) is 11.9. The van der Waals surface area contributed by atoms with Crippen molar-refractivity contribution in [3.63, 3.8) is 0 Å². The maximum absolute atomic E-state index is 10.8. The van der Waals surface area contributed by atoms with E-state index in [0.717, 1.165) is 23.5 Å². The molecular weight excluding hydrogens is 260 g/mol. The Labute approximate surface area is 119 Å². The van der Waals surface area contributed by atoms with Crippen LogP contribution in [0, 0.1) is 0 Å². The highest BCUT2D eigenvalue weighted by molar-refractivity contribution is 8.00. The number of hydrogen-bond acceptors (Lipinski definition) is 4. The number of carbonyl (C=O) groups is 1. The number of amides is 1. The van der Waals surface area contributed by atoms with Gasteiger partial charge in [0, 0.05) is 24.2 Å². The van der Waals surface area contributed by atoms with Crippen molar-refractivity contribution in [3.05, 3.63) is 24.3 Å². The molecule has 0 fully saturated rings. The van der Waals surface area contributed by atoms with Gasteiger partial charge < -0.3 is 15.8 Å². The summed E-state index contributed by atoms with van der Waals surface area (Å²) in [5, 5.41) is 3.37. The largest absolute Gasteiger partial charge is 0.384 e. The van der Waals surface area contributed by atoms with Gasteiger partial charge in [0.2, 0.25) is 5.91 Å². The number of carbonyl (C=O) groups excluding carboxylic acids is 1. The summed E-state index contributed by atoms with van der Waals surface area (Å²) in [7, 11) is 1.72. The van der Waals surface area contributed by atoms with E-state index in [4.69, 9.17) is 10.5 Å². The Kier molecular flexibility index (Phi) is 6.18. The average Bonchev–Trinajstić information content (AvgIpc) is 2.37. The van der Waals surface area contributed by atoms with E-state index < -0.39 is 0 Å². The van der Waals surface area contributed by atoms with Crippen LogP contribution in [0.2, 0.25) is 0 Å². The van der Waals surface area contributed by atoms with Gasteiger partial charge in [-0.3, -0.25) is 4.79 Å². The molecule has 0 saturated heterocycles. The van der Waals surface area contributed by atoms with Gasteiger partial charge in [0.25, 0.3) is 0 Å².